The number of methoxy groups -OCH3 is 2. The standard InChI is InChI=1S/C20H23N3O2S/c1-20(2,3)14-6-9-16(10-7-14)26-19-13-23(22-21-19)17-12-15(24-4)8-11-18(17)25-5/h6-13H,1-5H3. The Morgan fingerprint density at radius 2 is 1.69 bits per heavy atom. The van der Waals surface area contributed by atoms with Crippen LogP contribution in [0.15, 0.2) is 58.6 Å². The fourth-order valence-corrected chi connectivity index (χ4v) is 3.28. The van der Waals surface area contributed by atoms with Gasteiger partial charge in [-0.2, -0.15) is 0 Å². The highest BCUT2D eigenvalue weighted by Gasteiger charge is 2.14. The van der Waals surface area contributed by atoms with E-state index in [4.69, 9.17) is 9.47 Å². The normalized spacial score (nSPS) is 11.4. The number of benzene rings is 2. The van der Waals surface area contributed by atoms with Gasteiger partial charge in [0.25, 0.3) is 0 Å². The molecule has 0 fully saturated rings. The van der Waals surface area contributed by atoms with Gasteiger partial charge in [-0.05, 0) is 35.2 Å². The molecule has 0 aliphatic heterocycles. The molecule has 3 rings (SSSR count). The summed E-state index contributed by atoms with van der Waals surface area (Å²) in [7, 11) is 3.27. The van der Waals surface area contributed by atoms with Crippen molar-refractivity contribution in [2.75, 3.05) is 14.2 Å². The summed E-state index contributed by atoms with van der Waals surface area (Å²) in [5.74, 6) is 1.45. The zero-order valence-corrected chi connectivity index (χ0v) is 16.5. The lowest BCUT2D eigenvalue weighted by Crippen LogP contribution is -2.10. The molecule has 6 heteroatoms. The van der Waals surface area contributed by atoms with Crippen molar-refractivity contribution in [2.24, 2.45) is 0 Å². The van der Waals surface area contributed by atoms with E-state index in [1.807, 2.05) is 24.4 Å². The third kappa shape index (κ3) is 4.02. The van der Waals surface area contributed by atoms with Crippen molar-refractivity contribution in [1.82, 2.24) is 15.0 Å². The summed E-state index contributed by atoms with van der Waals surface area (Å²) >= 11 is 1.58. The molecule has 1 heterocycles. The minimum atomic E-state index is 0.148. The Balaban J connectivity index is 1.82. The van der Waals surface area contributed by atoms with Gasteiger partial charge in [0.2, 0.25) is 0 Å². The maximum Gasteiger partial charge on any atom is 0.144 e. The molecule has 0 aliphatic carbocycles. The molecular weight excluding hydrogens is 346 g/mol. The fourth-order valence-electron chi connectivity index (χ4n) is 2.53. The van der Waals surface area contributed by atoms with Gasteiger partial charge >= 0.3 is 0 Å². The molecule has 1 aromatic heterocycles. The Morgan fingerprint density at radius 3 is 2.31 bits per heavy atom. The lowest BCUT2D eigenvalue weighted by Gasteiger charge is -2.18. The van der Waals surface area contributed by atoms with Crippen LogP contribution in [0.1, 0.15) is 26.3 Å². The predicted octanol–water partition coefficient (Wildman–Crippen LogP) is 4.73. The third-order valence-corrected chi connectivity index (χ3v) is 4.95. The molecule has 0 aliphatic rings. The molecule has 0 unspecified atom stereocenters. The number of hydrogen-bond donors (Lipinski definition) is 0. The van der Waals surface area contributed by atoms with E-state index >= 15 is 0 Å². The third-order valence-electron chi connectivity index (χ3n) is 4.05. The fraction of sp³-hybridized carbons (Fsp3) is 0.300. The van der Waals surface area contributed by atoms with E-state index in [-0.39, 0.29) is 5.41 Å². The van der Waals surface area contributed by atoms with Gasteiger partial charge in [0, 0.05) is 11.0 Å². The van der Waals surface area contributed by atoms with Gasteiger partial charge in [0.05, 0.1) is 20.4 Å². The van der Waals surface area contributed by atoms with Gasteiger partial charge in [-0.15, -0.1) is 5.10 Å². The molecule has 2 aromatic carbocycles. The van der Waals surface area contributed by atoms with Crippen LogP contribution in [0.25, 0.3) is 5.69 Å². The van der Waals surface area contributed by atoms with Crippen molar-refractivity contribution in [3.05, 3.63) is 54.2 Å². The van der Waals surface area contributed by atoms with Gasteiger partial charge in [-0.3, -0.25) is 0 Å². The molecule has 3 aromatic rings. The first-order chi connectivity index (χ1) is 12.4. The van der Waals surface area contributed by atoms with Crippen LogP contribution < -0.4 is 9.47 Å². The largest absolute Gasteiger partial charge is 0.497 e. The molecule has 0 atom stereocenters. The Labute approximate surface area is 158 Å². The molecule has 26 heavy (non-hydrogen) atoms. The molecule has 0 spiro atoms. The number of aromatic nitrogens is 3. The SMILES string of the molecule is COc1ccc(OC)c(-n2cc(Sc3ccc(C(C)(C)C)cc3)nn2)c1. The van der Waals surface area contributed by atoms with Gasteiger partial charge in [0.15, 0.2) is 0 Å². The molecule has 0 amide bonds. The molecule has 136 valence electrons. The van der Waals surface area contributed by atoms with Crippen molar-refractivity contribution in [3.8, 4) is 17.2 Å². The molecular formula is C20H23N3O2S. The van der Waals surface area contributed by atoms with Crippen LogP contribution >= 0.6 is 11.8 Å². The molecule has 0 bridgehead atoms. The van der Waals surface area contributed by atoms with E-state index in [1.54, 1.807) is 30.7 Å². The van der Waals surface area contributed by atoms with Gasteiger partial charge in [0.1, 0.15) is 22.2 Å². The number of nitrogens with zero attached hydrogens (tertiary/aromatic N) is 3. The van der Waals surface area contributed by atoms with Crippen molar-refractivity contribution < 1.29 is 9.47 Å². The van der Waals surface area contributed by atoms with Crippen LogP contribution in [0.4, 0.5) is 0 Å². The summed E-state index contributed by atoms with van der Waals surface area (Å²) in [6.45, 7) is 6.63. The topological polar surface area (TPSA) is 49.2 Å². The zero-order valence-electron chi connectivity index (χ0n) is 15.7. The highest BCUT2D eigenvalue weighted by atomic mass is 32.2. The monoisotopic (exact) mass is 369 g/mol. The first kappa shape index (κ1) is 18.3. The van der Waals surface area contributed by atoms with Crippen LogP contribution in [-0.2, 0) is 5.41 Å². The Morgan fingerprint density at radius 1 is 0.962 bits per heavy atom. The summed E-state index contributed by atoms with van der Waals surface area (Å²) < 4.78 is 12.4. The first-order valence-electron chi connectivity index (χ1n) is 8.34. The van der Waals surface area contributed by atoms with Crippen LogP contribution in [0.2, 0.25) is 0 Å². The minimum Gasteiger partial charge on any atom is -0.497 e. The number of hydrogen-bond acceptors (Lipinski definition) is 5. The van der Waals surface area contributed by atoms with Gasteiger partial charge in [-0.1, -0.05) is 49.9 Å². The highest BCUT2D eigenvalue weighted by Crippen LogP contribution is 2.31. The van der Waals surface area contributed by atoms with Gasteiger partial charge < -0.3 is 9.47 Å². The smallest absolute Gasteiger partial charge is 0.144 e. The lowest BCUT2D eigenvalue weighted by molar-refractivity contribution is 0.400. The summed E-state index contributed by atoms with van der Waals surface area (Å²) in [5, 5.41) is 9.32. The van der Waals surface area contributed by atoms with E-state index in [9.17, 15) is 0 Å². The predicted molar refractivity (Wildman–Crippen MR) is 104 cm³/mol. The van der Waals surface area contributed by atoms with Crippen molar-refractivity contribution >= 4 is 11.8 Å². The Hall–Kier alpha value is -2.47. The molecule has 5 nitrogen and oxygen atoms in total. The van der Waals surface area contributed by atoms with Crippen LogP contribution in [0.5, 0.6) is 11.5 Å². The first-order valence-corrected chi connectivity index (χ1v) is 9.15. The summed E-state index contributed by atoms with van der Waals surface area (Å²) in [5.41, 5.74) is 2.25. The van der Waals surface area contributed by atoms with Crippen LogP contribution in [-0.4, -0.2) is 29.2 Å². The Kier molecular flexibility index (Phi) is 5.23. The van der Waals surface area contributed by atoms with E-state index in [2.05, 4.69) is 55.3 Å². The average molecular weight is 369 g/mol. The summed E-state index contributed by atoms with van der Waals surface area (Å²) in [4.78, 5) is 1.13. The summed E-state index contributed by atoms with van der Waals surface area (Å²) in [6.07, 6.45) is 1.89. The zero-order chi connectivity index (χ0) is 18.7. The summed E-state index contributed by atoms with van der Waals surface area (Å²) in [6, 6.07) is 14.2. The van der Waals surface area contributed by atoms with Crippen LogP contribution in [0.3, 0.4) is 0 Å². The van der Waals surface area contributed by atoms with E-state index < -0.39 is 0 Å². The molecule has 0 N–H and O–H groups in total. The van der Waals surface area contributed by atoms with Crippen molar-refractivity contribution in [3.63, 3.8) is 0 Å². The lowest BCUT2D eigenvalue weighted by atomic mass is 9.87. The Bertz CT molecular complexity index is 883. The maximum absolute atomic E-state index is 5.42. The van der Waals surface area contributed by atoms with E-state index in [0.29, 0.717) is 5.75 Å². The highest BCUT2D eigenvalue weighted by molar-refractivity contribution is 7.99. The van der Waals surface area contributed by atoms with E-state index in [0.717, 1.165) is 21.4 Å². The quantitative estimate of drug-likeness (QED) is 0.650. The second-order valence-corrected chi connectivity index (χ2v) is 8.01. The number of ether oxygens (including phenoxy) is 2. The number of rotatable bonds is 5. The maximum atomic E-state index is 5.42. The van der Waals surface area contributed by atoms with Crippen molar-refractivity contribution in [2.45, 2.75) is 36.1 Å². The van der Waals surface area contributed by atoms with E-state index in [1.165, 1.54) is 5.56 Å². The average Bonchev–Trinajstić information content (AvgIpc) is 3.09. The molecule has 0 saturated carbocycles. The van der Waals surface area contributed by atoms with Crippen LogP contribution in [0, 0.1) is 0 Å². The van der Waals surface area contributed by atoms with Crippen molar-refractivity contribution in [1.29, 1.82) is 0 Å². The van der Waals surface area contributed by atoms with Gasteiger partial charge in [-0.25, -0.2) is 4.68 Å². The minimum absolute atomic E-state index is 0.148. The molecule has 0 saturated heterocycles. The molecule has 0 radical (unpaired) electrons. The second kappa shape index (κ2) is 7.41. The second-order valence-electron chi connectivity index (χ2n) is 6.92.